The number of rotatable bonds is 28. The van der Waals surface area contributed by atoms with Gasteiger partial charge < -0.3 is 52.1 Å². The van der Waals surface area contributed by atoms with Gasteiger partial charge in [0.1, 0.15) is 55.2 Å². The van der Waals surface area contributed by atoms with Gasteiger partial charge in [0, 0.05) is 12.2 Å². The number of halogens is 1. The standard InChI is InChI=1S/C71H80FN3O15/c1-4-6-39-80-58-43-60(81-40-7-5-2)70(84-47(58)3)90-62-56(75-44-55(73-74-75)53-35-23-36-54(72)42-53)37-24-38-57(62)86-71-65(89-68(78)52-33-21-12-22-34-52)64(85-59(41-48-25-13-8-14-26-48)69(79)82-45-49-27-15-9-16-28-49)63(88-67(77)51-31-19-11-20-32-51)61(87-71)46-83-66(76)50-29-17-10-18-30-50/h9-12,15-24,27-37,42-44,47-48,56-59,61-65,70-71H,4-8,13-14,25-26,38-41,45-46H2,1-3H3/t47?,56?,57?,58?,59-,61?,62?,63?,64?,65?,70?,71?/m0/s1. The molecule has 2 aliphatic carbocycles. The minimum Gasteiger partial charge on any atom is -0.493 e. The van der Waals surface area contributed by atoms with Crippen LogP contribution in [0.4, 0.5) is 4.39 Å². The average Bonchev–Trinajstić information content (AvgIpc) is 0.960. The molecule has 19 heteroatoms. The molecule has 1 aromatic heterocycles. The highest BCUT2D eigenvalue weighted by molar-refractivity contribution is 5.90. The molecule has 10 rings (SSSR count). The summed E-state index contributed by atoms with van der Waals surface area (Å²) in [6, 6.07) is 39.3. The maximum atomic E-state index is 15.0. The lowest BCUT2D eigenvalue weighted by Crippen LogP contribution is -2.64. The van der Waals surface area contributed by atoms with E-state index in [0.29, 0.717) is 30.2 Å². The lowest BCUT2D eigenvalue weighted by Gasteiger charge is -2.47. The monoisotopic (exact) mass is 1230 g/mol. The van der Waals surface area contributed by atoms with Crippen LogP contribution in [0, 0.1) is 11.7 Å². The predicted octanol–water partition coefficient (Wildman–Crippen LogP) is 12.5. The van der Waals surface area contributed by atoms with E-state index in [4.69, 9.17) is 52.1 Å². The van der Waals surface area contributed by atoms with Crippen LogP contribution in [0.1, 0.15) is 134 Å². The molecule has 1 saturated carbocycles. The van der Waals surface area contributed by atoms with E-state index in [9.17, 15) is 23.6 Å². The van der Waals surface area contributed by atoms with Crippen molar-refractivity contribution in [1.82, 2.24) is 15.0 Å². The second-order valence-corrected chi connectivity index (χ2v) is 23.1. The van der Waals surface area contributed by atoms with Crippen LogP contribution in [0.5, 0.6) is 0 Å². The Balaban J connectivity index is 1.09. The summed E-state index contributed by atoms with van der Waals surface area (Å²) in [6.45, 7) is 6.27. The number of ether oxygens (including phenoxy) is 11. The second-order valence-electron chi connectivity index (χ2n) is 23.1. The van der Waals surface area contributed by atoms with Gasteiger partial charge in [-0.05, 0) is 98.7 Å². The molecule has 2 fully saturated rings. The van der Waals surface area contributed by atoms with Gasteiger partial charge in [-0.1, -0.05) is 173 Å². The van der Waals surface area contributed by atoms with Gasteiger partial charge in [0.25, 0.3) is 0 Å². The third-order valence-electron chi connectivity index (χ3n) is 16.4. The molecule has 90 heavy (non-hydrogen) atoms. The molecular weight excluding hydrogens is 1150 g/mol. The number of hydrogen-bond donors (Lipinski definition) is 0. The summed E-state index contributed by atoms with van der Waals surface area (Å²) in [5.74, 6) is -3.11. The SMILES string of the molecule is CCCCOC1=CC(OCCCC)C(C)OC1OC1C(OC2OC(COC(=O)c3ccccc3)C(OC(=O)c3ccccc3)C(O[C@@H](CC3CCCCC3)C(=O)OCc3ccccc3)C2OC(=O)c2ccccc2)CC=CC1n1cc(-c2cccc(F)c2)nn1. The lowest BCUT2D eigenvalue weighted by molar-refractivity contribution is -0.331. The summed E-state index contributed by atoms with van der Waals surface area (Å²) in [6.07, 6.45) is 2.05. The first kappa shape index (κ1) is 65.1. The molecule has 476 valence electrons. The van der Waals surface area contributed by atoms with E-state index in [0.717, 1.165) is 63.4 Å². The van der Waals surface area contributed by atoms with Crippen molar-refractivity contribution in [2.75, 3.05) is 19.8 Å². The maximum Gasteiger partial charge on any atom is 0.338 e. The van der Waals surface area contributed by atoms with Crippen LogP contribution in [0.3, 0.4) is 0 Å². The predicted molar refractivity (Wildman–Crippen MR) is 329 cm³/mol. The zero-order valence-corrected chi connectivity index (χ0v) is 51.1. The van der Waals surface area contributed by atoms with Gasteiger partial charge in [0.15, 0.2) is 30.4 Å². The minimum atomic E-state index is -1.68. The van der Waals surface area contributed by atoms with Crippen LogP contribution < -0.4 is 0 Å². The van der Waals surface area contributed by atoms with E-state index >= 15 is 0 Å². The van der Waals surface area contributed by atoms with Crippen LogP contribution in [-0.4, -0.2) is 126 Å². The molecule has 0 amide bonds. The molecule has 0 radical (unpaired) electrons. The number of hydrogen-bond acceptors (Lipinski definition) is 17. The van der Waals surface area contributed by atoms with Crippen LogP contribution in [0.25, 0.3) is 11.3 Å². The molecular formula is C71H80FN3O15. The summed E-state index contributed by atoms with van der Waals surface area (Å²) in [5.41, 5.74) is 2.14. The van der Waals surface area contributed by atoms with Crippen molar-refractivity contribution in [3.05, 3.63) is 204 Å². The Morgan fingerprint density at radius 3 is 2.00 bits per heavy atom. The van der Waals surface area contributed by atoms with Gasteiger partial charge in [-0.3, -0.25) is 0 Å². The normalized spacial score (nSPS) is 24.7. The first-order valence-electron chi connectivity index (χ1n) is 31.5. The van der Waals surface area contributed by atoms with Crippen molar-refractivity contribution >= 4 is 23.9 Å². The van der Waals surface area contributed by atoms with E-state index in [-0.39, 0.29) is 42.1 Å². The second kappa shape index (κ2) is 32.7. The fourth-order valence-corrected chi connectivity index (χ4v) is 11.5. The first-order chi connectivity index (χ1) is 44.0. The number of unbranched alkanes of at least 4 members (excludes halogenated alkanes) is 2. The minimum absolute atomic E-state index is 0.0213. The summed E-state index contributed by atoms with van der Waals surface area (Å²) in [4.78, 5) is 58.6. The highest BCUT2D eigenvalue weighted by atomic mass is 19.1. The summed E-state index contributed by atoms with van der Waals surface area (Å²) < 4.78 is 90.0. The van der Waals surface area contributed by atoms with Gasteiger partial charge in [-0.2, -0.15) is 0 Å². The fraction of sp³-hybridized carbons (Fsp3) is 0.437. The molecule has 18 nitrogen and oxygen atoms in total. The number of carbonyl (C=O) groups excluding carboxylic acids is 4. The Hall–Kier alpha value is -7.91. The van der Waals surface area contributed by atoms with Crippen LogP contribution in [-0.2, 0) is 63.5 Å². The molecule has 12 atom stereocenters. The molecule has 2 aliphatic heterocycles. The summed E-state index contributed by atoms with van der Waals surface area (Å²) in [7, 11) is 0. The quantitative estimate of drug-likeness (QED) is 0.0194. The van der Waals surface area contributed by atoms with Gasteiger partial charge in [0.05, 0.1) is 41.7 Å². The van der Waals surface area contributed by atoms with Crippen LogP contribution in [0.2, 0.25) is 0 Å². The fourth-order valence-electron chi connectivity index (χ4n) is 11.5. The van der Waals surface area contributed by atoms with Crippen molar-refractivity contribution in [3.8, 4) is 11.3 Å². The van der Waals surface area contributed by atoms with Gasteiger partial charge in [-0.15, -0.1) is 5.10 Å². The Labute approximate surface area is 524 Å². The van der Waals surface area contributed by atoms with E-state index in [1.54, 1.807) is 114 Å². The van der Waals surface area contributed by atoms with Gasteiger partial charge in [-0.25, -0.2) is 28.3 Å². The van der Waals surface area contributed by atoms with E-state index < -0.39 is 110 Å². The molecule has 5 aromatic carbocycles. The lowest BCUT2D eigenvalue weighted by atomic mass is 9.85. The molecule has 4 aliphatic rings. The zero-order chi connectivity index (χ0) is 62.6. The Bertz CT molecular complexity index is 3290. The molecule has 3 heterocycles. The van der Waals surface area contributed by atoms with Crippen molar-refractivity contribution < 1.29 is 75.7 Å². The number of benzene rings is 5. The molecule has 1 saturated heterocycles. The third-order valence-corrected chi connectivity index (χ3v) is 16.4. The molecule has 0 spiro atoms. The number of esters is 4. The average molecular weight is 1230 g/mol. The summed E-state index contributed by atoms with van der Waals surface area (Å²) >= 11 is 0. The van der Waals surface area contributed by atoms with Gasteiger partial charge >= 0.3 is 23.9 Å². The highest BCUT2D eigenvalue weighted by Gasteiger charge is 2.55. The van der Waals surface area contributed by atoms with Crippen LogP contribution >= 0.6 is 0 Å². The van der Waals surface area contributed by atoms with Crippen molar-refractivity contribution in [2.24, 2.45) is 5.92 Å². The topological polar surface area (TPSA) is 201 Å². The molecule has 11 unspecified atom stereocenters. The Morgan fingerprint density at radius 1 is 0.689 bits per heavy atom. The van der Waals surface area contributed by atoms with Gasteiger partial charge in [0.2, 0.25) is 6.29 Å². The Morgan fingerprint density at radius 2 is 1.33 bits per heavy atom. The zero-order valence-electron chi connectivity index (χ0n) is 51.1. The maximum absolute atomic E-state index is 15.0. The van der Waals surface area contributed by atoms with E-state index in [1.165, 1.54) is 12.1 Å². The Kier molecular flexibility index (Phi) is 23.6. The number of aromatic nitrogens is 3. The molecule has 0 N–H and O–H groups in total. The van der Waals surface area contributed by atoms with Crippen molar-refractivity contribution in [2.45, 2.75) is 172 Å². The van der Waals surface area contributed by atoms with E-state index in [1.807, 2.05) is 55.5 Å². The smallest absolute Gasteiger partial charge is 0.338 e. The summed E-state index contributed by atoms with van der Waals surface area (Å²) in [5, 5.41) is 9.06. The molecule has 6 aromatic rings. The third kappa shape index (κ3) is 17.5. The highest BCUT2D eigenvalue weighted by Crippen LogP contribution is 2.39. The van der Waals surface area contributed by atoms with E-state index in [2.05, 4.69) is 24.2 Å². The number of nitrogens with zero attached hydrogens (tertiary/aromatic N) is 3. The first-order valence-corrected chi connectivity index (χ1v) is 31.5. The van der Waals surface area contributed by atoms with Crippen LogP contribution in [0.15, 0.2) is 176 Å². The van der Waals surface area contributed by atoms with Crippen molar-refractivity contribution in [1.29, 1.82) is 0 Å². The molecule has 0 bridgehead atoms. The number of carbonyl (C=O) groups is 4. The largest absolute Gasteiger partial charge is 0.493 e. The van der Waals surface area contributed by atoms with Crippen molar-refractivity contribution in [3.63, 3.8) is 0 Å².